The van der Waals surface area contributed by atoms with Crippen LogP contribution in [0.4, 0.5) is 5.69 Å². The van der Waals surface area contributed by atoms with Gasteiger partial charge in [0, 0.05) is 19.0 Å². The van der Waals surface area contributed by atoms with Crippen molar-refractivity contribution >= 4 is 5.69 Å². The summed E-state index contributed by atoms with van der Waals surface area (Å²) in [7, 11) is 0. The van der Waals surface area contributed by atoms with Gasteiger partial charge < -0.3 is 14.8 Å². The molecule has 0 spiro atoms. The van der Waals surface area contributed by atoms with E-state index in [0.29, 0.717) is 19.8 Å². The number of nitrogens with one attached hydrogen (secondary N) is 1. The summed E-state index contributed by atoms with van der Waals surface area (Å²) < 4.78 is 11.2. The van der Waals surface area contributed by atoms with Gasteiger partial charge in [-0.15, -0.1) is 0 Å². The topological polar surface area (TPSA) is 43.4 Å². The van der Waals surface area contributed by atoms with E-state index < -0.39 is 0 Å². The third-order valence-corrected chi connectivity index (χ3v) is 3.37. The lowest BCUT2D eigenvalue weighted by Crippen LogP contribution is -2.34. The van der Waals surface area contributed by atoms with Gasteiger partial charge in [0.1, 0.15) is 6.10 Å². The van der Waals surface area contributed by atoms with E-state index in [2.05, 4.69) is 37.1 Å². The highest BCUT2D eigenvalue weighted by molar-refractivity contribution is 5.45. The lowest BCUT2D eigenvalue weighted by atomic mass is 9.88. The van der Waals surface area contributed by atoms with Crippen LogP contribution in [-0.4, -0.2) is 37.0 Å². The number of nitrogens with zero attached hydrogens (tertiary/aromatic N) is 1. The molecule has 1 saturated heterocycles. The van der Waals surface area contributed by atoms with E-state index in [1.807, 2.05) is 19.3 Å². The minimum absolute atomic E-state index is 0.107. The SMILES string of the molecule is CCOC1COCC1Nc1cncc(C(C)(C)C)c1. The molecule has 0 bridgehead atoms. The molecule has 19 heavy (non-hydrogen) atoms. The standard InChI is InChI=1S/C15H24N2O2/c1-5-19-14-10-18-9-13(14)17-12-6-11(7-16-8-12)15(2,3)4/h6-8,13-14,17H,5,9-10H2,1-4H3. The summed E-state index contributed by atoms with van der Waals surface area (Å²) in [5.41, 5.74) is 2.37. The Hall–Kier alpha value is -1.13. The van der Waals surface area contributed by atoms with Gasteiger partial charge in [0.15, 0.2) is 0 Å². The fourth-order valence-corrected chi connectivity index (χ4v) is 2.19. The Morgan fingerprint density at radius 2 is 2.16 bits per heavy atom. The molecule has 1 fully saturated rings. The molecular weight excluding hydrogens is 240 g/mol. The molecule has 0 saturated carbocycles. The molecular formula is C15H24N2O2. The predicted octanol–water partition coefficient (Wildman–Crippen LogP) is 2.59. The monoisotopic (exact) mass is 264 g/mol. The largest absolute Gasteiger partial charge is 0.376 e. The van der Waals surface area contributed by atoms with Gasteiger partial charge in [0.25, 0.3) is 0 Å². The lowest BCUT2D eigenvalue weighted by Gasteiger charge is -2.22. The Kier molecular flexibility index (Phi) is 4.42. The minimum Gasteiger partial charge on any atom is -0.376 e. The molecule has 1 N–H and O–H groups in total. The van der Waals surface area contributed by atoms with Gasteiger partial charge in [0.2, 0.25) is 0 Å². The summed E-state index contributed by atoms with van der Waals surface area (Å²) in [5, 5.41) is 3.48. The van der Waals surface area contributed by atoms with Crippen molar-refractivity contribution in [2.75, 3.05) is 25.1 Å². The number of pyridine rings is 1. The second-order valence-electron chi connectivity index (χ2n) is 5.99. The Labute approximate surface area is 115 Å². The van der Waals surface area contributed by atoms with Crippen LogP contribution in [0.15, 0.2) is 18.5 Å². The molecule has 4 nitrogen and oxygen atoms in total. The maximum absolute atomic E-state index is 5.68. The number of anilines is 1. The van der Waals surface area contributed by atoms with Crippen molar-refractivity contribution in [2.45, 2.75) is 45.3 Å². The highest BCUT2D eigenvalue weighted by atomic mass is 16.5. The summed E-state index contributed by atoms with van der Waals surface area (Å²) in [6, 6.07) is 2.37. The highest BCUT2D eigenvalue weighted by Gasteiger charge is 2.28. The van der Waals surface area contributed by atoms with Crippen LogP contribution in [0.2, 0.25) is 0 Å². The van der Waals surface area contributed by atoms with Crippen LogP contribution in [0.25, 0.3) is 0 Å². The second kappa shape index (κ2) is 5.88. The molecule has 4 heteroatoms. The van der Waals surface area contributed by atoms with Crippen LogP contribution in [0, 0.1) is 0 Å². The average Bonchev–Trinajstić information content (AvgIpc) is 2.77. The Morgan fingerprint density at radius 1 is 1.37 bits per heavy atom. The normalized spacial score (nSPS) is 23.6. The minimum atomic E-state index is 0.107. The Morgan fingerprint density at radius 3 is 2.84 bits per heavy atom. The molecule has 0 radical (unpaired) electrons. The van der Waals surface area contributed by atoms with Gasteiger partial charge in [-0.05, 0) is 24.0 Å². The van der Waals surface area contributed by atoms with Crippen LogP contribution in [0.3, 0.4) is 0 Å². The van der Waals surface area contributed by atoms with Crippen LogP contribution in [0.1, 0.15) is 33.3 Å². The summed E-state index contributed by atoms with van der Waals surface area (Å²) in [5.74, 6) is 0. The quantitative estimate of drug-likeness (QED) is 0.907. The fraction of sp³-hybridized carbons (Fsp3) is 0.667. The number of hydrogen-bond acceptors (Lipinski definition) is 4. The molecule has 0 aromatic carbocycles. The van der Waals surface area contributed by atoms with E-state index >= 15 is 0 Å². The molecule has 0 aliphatic carbocycles. The zero-order valence-corrected chi connectivity index (χ0v) is 12.3. The first-order chi connectivity index (χ1) is 9.00. The van der Waals surface area contributed by atoms with Crippen molar-refractivity contribution in [1.29, 1.82) is 0 Å². The van der Waals surface area contributed by atoms with E-state index in [-0.39, 0.29) is 17.6 Å². The highest BCUT2D eigenvalue weighted by Crippen LogP contribution is 2.24. The van der Waals surface area contributed by atoms with Crippen molar-refractivity contribution in [1.82, 2.24) is 4.98 Å². The van der Waals surface area contributed by atoms with E-state index in [9.17, 15) is 0 Å². The van der Waals surface area contributed by atoms with Gasteiger partial charge in [-0.1, -0.05) is 20.8 Å². The summed E-state index contributed by atoms with van der Waals surface area (Å²) >= 11 is 0. The van der Waals surface area contributed by atoms with Gasteiger partial charge in [-0.25, -0.2) is 0 Å². The van der Waals surface area contributed by atoms with Crippen molar-refractivity contribution in [3.8, 4) is 0 Å². The molecule has 2 atom stereocenters. The van der Waals surface area contributed by atoms with E-state index in [0.717, 1.165) is 5.69 Å². The lowest BCUT2D eigenvalue weighted by molar-refractivity contribution is 0.0478. The molecule has 2 rings (SSSR count). The first-order valence-electron chi connectivity index (χ1n) is 6.92. The predicted molar refractivity (Wildman–Crippen MR) is 76.6 cm³/mol. The first kappa shape index (κ1) is 14.3. The van der Waals surface area contributed by atoms with Gasteiger partial charge in [0.05, 0.1) is 24.9 Å². The Bertz CT molecular complexity index is 415. The smallest absolute Gasteiger partial charge is 0.103 e. The van der Waals surface area contributed by atoms with E-state index in [1.165, 1.54) is 5.56 Å². The third kappa shape index (κ3) is 3.67. The number of hydrogen-bond donors (Lipinski definition) is 1. The zero-order chi connectivity index (χ0) is 13.9. The molecule has 2 heterocycles. The van der Waals surface area contributed by atoms with Crippen molar-refractivity contribution in [3.05, 3.63) is 24.0 Å². The van der Waals surface area contributed by atoms with Crippen LogP contribution in [0.5, 0.6) is 0 Å². The summed E-state index contributed by atoms with van der Waals surface area (Å²) in [6.07, 6.45) is 3.91. The van der Waals surface area contributed by atoms with E-state index in [1.54, 1.807) is 0 Å². The summed E-state index contributed by atoms with van der Waals surface area (Å²) in [6.45, 7) is 10.6. The van der Waals surface area contributed by atoms with E-state index in [4.69, 9.17) is 9.47 Å². The number of ether oxygens (including phenoxy) is 2. The number of rotatable bonds is 4. The Balaban J connectivity index is 2.06. The average molecular weight is 264 g/mol. The van der Waals surface area contributed by atoms with Crippen molar-refractivity contribution in [2.24, 2.45) is 0 Å². The van der Waals surface area contributed by atoms with Gasteiger partial charge in [-0.2, -0.15) is 0 Å². The first-order valence-corrected chi connectivity index (χ1v) is 6.92. The molecule has 2 unspecified atom stereocenters. The maximum atomic E-state index is 5.68. The summed E-state index contributed by atoms with van der Waals surface area (Å²) in [4.78, 5) is 4.32. The number of aromatic nitrogens is 1. The van der Waals surface area contributed by atoms with Crippen molar-refractivity contribution < 1.29 is 9.47 Å². The molecule has 1 aliphatic rings. The van der Waals surface area contributed by atoms with Crippen LogP contribution in [-0.2, 0) is 14.9 Å². The zero-order valence-electron chi connectivity index (χ0n) is 12.3. The van der Waals surface area contributed by atoms with Gasteiger partial charge >= 0.3 is 0 Å². The fourth-order valence-electron chi connectivity index (χ4n) is 2.19. The second-order valence-corrected chi connectivity index (χ2v) is 5.99. The van der Waals surface area contributed by atoms with Crippen molar-refractivity contribution in [3.63, 3.8) is 0 Å². The van der Waals surface area contributed by atoms with Gasteiger partial charge in [-0.3, -0.25) is 4.98 Å². The maximum Gasteiger partial charge on any atom is 0.103 e. The molecule has 1 aromatic heterocycles. The molecule has 1 aliphatic heterocycles. The molecule has 1 aromatic rings. The molecule has 106 valence electrons. The third-order valence-electron chi connectivity index (χ3n) is 3.37. The van der Waals surface area contributed by atoms with Crippen LogP contribution >= 0.6 is 0 Å². The van der Waals surface area contributed by atoms with Crippen LogP contribution < -0.4 is 5.32 Å². The molecule has 0 amide bonds.